The monoisotopic (exact) mass is 300 g/mol. The van der Waals surface area contributed by atoms with Crippen LogP contribution in [0.5, 0.6) is 0 Å². The van der Waals surface area contributed by atoms with Crippen LogP contribution >= 0.6 is 15.9 Å². The summed E-state index contributed by atoms with van der Waals surface area (Å²) in [5.41, 5.74) is 6.69. The van der Waals surface area contributed by atoms with Gasteiger partial charge in [0.15, 0.2) is 5.78 Å². The minimum atomic E-state index is -0.413. The molecule has 0 saturated heterocycles. The van der Waals surface area contributed by atoms with Gasteiger partial charge in [0.25, 0.3) is 0 Å². The fourth-order valence-corrected chi connectivity index (χ4v) is 1.91. The van der Waals surface area contributed by atoms with Crippen LogP contribution in [-0.4, -0.2) is 30.5 Å². The maximum absolute atomic E-state index is 11.8. The molecule has 1 aromatic rings. The van der Waals surface area contributed by atoms with Gasteiger partial charge in [0, 0.05) is 37.0 Å². The van der Waals surface area contributed by atoms with Gasteiger partial charge in [0.1, 0.15) is 0 Å². The number of rotatable bonds is 7. The third-order valence-electron chi connectivity index (χ3n) is 2.42. The molecular weight excluding hydrogens is 284 g/mol. The lowest BCUT2D eigenvalue weighted by Crippen LogP contribution is -2.32. The molecule has 0 fully saturated rings. The van der Waals surface area contributed by atoms with Crippen LogP contribution in [-0.2, 0) is 16.0 Å². The van der Waals surface area contributed by atoms with Crippen LogP contribution in [0.1, 0.15) is 18.4 Å². The van der Waals surface area contributed by atoms with Crippen LogP contribution < -0.4 is 5.73 Å². The molecule has 1 rings (SSSR count). The number of halogens is 1. The van der Waals surface area contributed by atoms with Crippen molar-refractivity contribution in [3.05, 3.63) is 28.5 Å². The van der Waals surface area contributed by atoms with Crippen molar-refractivity contribution in [2.24, 2.45) is 5.73 Å². The maximum Gasteiger partial charge on any atom is 0.153 e. The Labute approximate surface area is 110 Å². The minimum Gasteiger partial charge on any atom is -0.385 e. The van der Waals surface area contributed by atoms with Gasteiger partial charge in [-0.2, -0.15) is 0 Å². The zero-order valence-electron chi connectivity index (χ0n) is 9.86. The van der Waals surface area contributed by atoms with Crippen molar-refractivity contribution in [2.45, 2.75) is 25.3 Å². The SMILES string of the molecule is COCCCC(N)C(=O)Cc1cncc(Br)c1. The molecule has 1 aromatic heterocycles. The highest BCUT2D eigenvalue weighted by atomic mass is 79.9. The summed E-state index contributed by atoms with van der Waals surface area (Å²) in [6, 6.07) is 1.47. The van der Waals surface area contributed by atoms with Crippen molar-refractivity contribution in [2.75, 3.05) is 13.7 Å². The summed E-state index contributed by atoms with van der Waals surface area (Å²) in [4.78, 5) is 15.8. The van der Waals surface area contributed by atoms with E-state index in [-0.39, 0.29) is 5.78 Å². The van der Waals surface area contributed by atoms with E-state index in [2.05, 4.69) is 20.9 Å². The second-order valence-corrected chi connectivity index (χ2v) is 4.81. The van der Waals surface area contributed by atoms with Gasteiger partial charge in [-0.3, -0.25) is 9.78 Å². The van der Waals surface area contributed by atoms with Crippen molar-refractivity contribution >= 4 is 21.7 Å². The number of ether oxygens (including phenoxy) is 1. The molecule has 2 N–H and O–H groups in total. The Bertz CT molecular complexity index is 371. The first-order valence-electron chi connectivity index (χ1n) is 5.50. The lowest BCUT2D eigenvalue weighted by molar-refractivity contribution is -0.119. The molecular formula is C12H17BrN2O2. The van der Waals surface area contributed by atoms with Crippen LogP contribution in [0.2, 0.25) is 0 Å². The Hall–Kier alpha value is -0.780. The van der Waals surface area contributed by atoms with Gasteiger partial charge in [-0.25, -0.2) is 0 Å². The summed E-state index contributed by atoms with van der Waals surface area (Å²) in [6.45, 7) is 0.638. The number of nitrogens with two attached hydrogens (primary N) is 1. The summed E-state index contributed by atoms with van der Waals surface area (Å²) in [6.07, 6.45) is 5.17. The van der Waals surface area contributed by atoms with Crippen molar-refractivity contribution in [1.29, 1.82) is 0 Å². The molecule has 5 heteroatoms. The number of carbonyl (C=O) groups is 1. The quantitative estimate of drug-likeness (QED) is 0.779. The van der Waals surface area contributed by atoms with Crippen LogP contribution in [0.15, 0.2) is 22.9 Å². The first-order chi connectivity index (χ1) is 8.13. The average molecular weight is 301 g/mol. The number of carbonyl (C=O) groups excluding carboxylic acids is 1. The Balaban J connectivity index is 2.43. The number of Topliss-reactive ketones (excluding diaryl/α,β-unsaturated/α-hetero) is 1. The van der Waals surface area contributed by atoms with Crippen LogP contribution in [0, 0.1) is 0 Å². The van der Waals surface area contributed by atoms with Gasteiger partial charge in [-0.05, 0) is 40.4 Å². The third kappa shape index (κ3) is 5.39. The molecule has 1 heterocycles. The first kappa shape index (κ1) is 14.3. The second-order valence-electron chi connectivity index (χ2n) is 3.90. The molecule has 1 unspecified atom stereocenters. The smallest absolute Gasteiger partial charge is 0.153 e. The van der Waals surface area contributed by atoms with Crippen LogP contribution in [0.25, 0.3) is 0 Å². The molecule has 17 heavy (non-hydrogen) atoms. The third-order valence-corrected chi connectivity index (χ3v) is 2.85. The molecule has 0 aliphatic heterocycles. The largest absolute Gasteiger partial charge is 0.385 e. The van der Waals surface area contributed by atoms with Gasteiger partial charge < -0.3 is 10.5 Å². The molecule has 0 bridgehead atoms. The first-order valence-corrected chi connectivity index (χ1v) is 6.29. The van der Waals surface area contributed by atoms with Gasteiger partial charge in [0.05, 0.1) is 6.04 Å². The number of hydrogen-bond acceptors (Lipinski definition) is 4. The van der Waals surface area contributed by atoms with E-state index in [0.29, 0.717) is 19.4 Å². The Morgan fingerprint density at radius 2 is 2.35 bits per heavy atom. The van der Waals surface area contributed by atoms with Gasteiger partial charge in [-0.1, -0.05) is 0 Å². The van der Waals surface area contributed by atoms with E-state index in [1.54, 1.807) is 19.5 Å². The number of hydrogen-bond donors (Lipinski definition) is 1. The molecule has 0 spiro atoms. The van der Waals surface area contributed by atoms with Crippen molar-refractivity contribution in [3.8, 4) is 0 Å². The van der Waals surface area contributed by atoms with E-state index >= 15 is 0 Å². The van der Waals surface area contributed by atoms with Crippen molar-refractivity contribution in [3.63, 3.8) is 0 Å². The van der Waals surface area contributed by atoms with Gasteiger partial charge in [0.2, 0.25) is 0 Å². The Morgan fingerprint density at radius 1 is 1.59 bits per heavy atom. The number of pyridine rings is 1. The Kier molecular flexibility index (Phi) is 6.32. The molecule has 4 nitrogen and oxygen atoms in total. The second kappa shape index (κ2) is 7.53. The van der Waals surface area contributed by atoms with Gasteiger partial charge in [-0.15, -0.1) is 0 Å². The minimum absolute atomic E-state index is 0.0426. The van der Waals surface area contributed by atoms with E-state index in [1.807, 2.05) is 6.07 Å². The summed E-state index contributed by atoms with van der Waals surface area (Å²) >= 11 is 3.32. The van der Waals surface area contributed by atoms with Crippen LogP contribution in [0.4, 0.5) is 0 Å². The predicted molar refractivity (Wildman–Crippen MR) is 69.7 cm³/mol. The summed E-state index contributed by atoms with van der Waals surface area (Å²) in [5, 5.41) is 0. The zero-order chi connectivity index (χ0) is 12.7. The zero-order valence-corrected chi connectivity index (χ0v) is 11.4. The lowest BCUT2D eigenvalue weighted by Gasteiger charge is -2.10. The van der Waals surface area contributed by atoms with E-state index < -0.39 is 6.04 Å². The highest BCUT2D eigenvalue weighted by Crippen LogP contribution is 2.11. The normalized spacial score (nSPS) is 12.4. The number of aromatic nitrogens is 1. The summed E-state index contributed by atoms with van der Waals surface area (Å²) in [7, 11) is 1.64. The summed E-state index contributed by atoms with van der Waals surface area (Å²) in [5.74, 6) is 0.0426. The molecule has 0 radical (unpaired) electrons. The topological polar surface area (TPSA) is 65.2 Å². The average Bonchev–Trinajstić information content (AvgIpc) is 2.29. The highest BCUT2D eigenvalue weighted by molar-refractivity contribution is 9.10. The number of ketones is 1. The molecule has 0 saturated carbocycles. The molecule has 1 atom stereocenters. The number of nitrogens with zero attached hydrogens (tertiary/aromatic N) is 1. The Morgan fingerprint density at radius 3 is 3.00 bits per heavy atom. The molecule has 0 aliphatic rings. The number of methoxy groups -OCH3 is 1. The fraction of sp³-hybridized carbons (Fsp3) is 0.500. The van der Waals surface area contributed by atoms with E-state index in [4.69, 9.17) is 10.5 Å². The fourth-order valence-electron chi connectivity index (χ4n) is 1.49. The highest BCUT2D eigenvalue weighted by Gasteiger charge is 2.13. The van der Waals surface area contributed by atoms with Crippen molar-refractivity contribution < 1.29 is 9.53 Å². The van der Waals surface area contributed by atoms with E-state index in [9.17, 15) is 4.79 Å². The summed E-state index contributed by atoms with van der Waals surface area (Å²) < 4.78 is 5.79. The van der Waals surface area contributed by atoms with Crippen LogP contribution in [0.3, 0.4) is 0 Å². The lowest BCUT2D eigenvalue weighted by atomic mass is 10.0. The van der Waals surface area contributed by atoms with E-state index in [0.717, 1.165) is 16.5 Å². The molecule has 0 amide bonds. The molecule has 0 aromatic carbocycles. The van der Waals surface area contributed by atoms with Gasteiger partial charge >= 0.3 is 0 Å². The molecule has 0 aliphatic carbocycles. The van der Waals surface area contributed by atoms with Crippen molar-refractivity contribution in [1.82, 2.24) is 4.98 Å². The standard InChI is InChI=1S/C12H17BrN2O2/c1-17-4-2-3-11(14)12(16)6-9-5-10(13)8-15-7-9/h5,7-8,11H,2-4,6,14H2,1H3. The predicted octanol–water partition coefficient (Wildman–Crippen LogP) is 1.71. The molecule has 94 valence electrons. The maximum atomic E-state index is 11.8. The van der Waals surface area contributed by atoms with E-state index in [1.165, 1.54) is 0 Å².